The number of thiocarbonyl (C=S) groups is 2. The van der Waals surface area contributed by atoms with Crippen molar-refractivity contribution >= 4 is 74.9 Å². The highest BCUT2D eigenvalue weighted by atomic mass is 35.5. The van der Waals surface area contributed by atoms with Crippen molar-refractivity contribution in [2.75, 3.05) is 4.90 Å². The minimum atomic E-state index is 0.466. The third kappa shape index (κ3) is 2.24. The summed E-state index contributed by atoms with van der Waals surface area (Å²) in [5.74, 6) is 0. The molecule has 0 amide bonds. The first-order valence-corrected chi connectivity index (χ1v) is 7.57. The lowest BCUT2D eigenvalue weighted by Gasteiger charge is -2.18. The van der Waals surface area contributed by atoms with Crippen LogP contribution >= 0.6 is 59.2 Å². The van der Waals surface area contributed by atoms with Crippen LogP contribution in [0.15, 0.2) is 36.4 Å². The summed E-state index contributed by atoms with van der Waals surface area (Å²) in [4.78, 5) is 3.05. The summed E-state index contributed by atoms with van der Waals surface area (Å²) >= 11 is 29.0. The number of fused-ring (bicyclic) bond motifs is 1. The van der Waals surface area contributed by atoms with Gasteiger partial charge in [-0.1, -0.05) is 59.2 Å². The van der Waals surface area contributed by atoms with Crippen LogP contribution in [-0.2, 0) is 0 Å². The molecule has 0 atom stereocenters. The van der Waals surface area contributed by atoms with Crippen LogP contribution in [0.3, 0.4) is 0 Å². The monoisotopic (exact) mass is 357 g/mol. The molecule has 0 unspecified atom stereocenters. The average molecular weight is 359 g/mol. The van der Waals surface area contributed by atoms with Crippen LogP contribution in [0.1, 0.15) is 11.1 Å². The van der Waals surface area contributed by atoms with Gasteiger partial charge in [0.25, 0.3) is 0 Å². The highest BCUT2D eigenvalue weighted by molar-refractivity contribution is 7.83. The molecule has 2 aromatic carbocycles. The van der Waals surface area contributed by atoms with E-state index in [4.69, 9.17) is 59.2 Å². The molecule has 0 spiro atoms. The van der Waals surface area contributed by atoms with E-state index in [1.807, 2.05) is 17.0 Å². The Bertz CT molecular complexity index is 700. The molecular formula is C14H6Cl3NS2. The summed E-state index contributed by atoms with van der Waals surface area (Å²) in [6, 6.07) is 10.8. The van der Waals surface area contributed by atoms with E-state index in [1.54, 1.807) is 24.3 Å². The lowest BCUT2D eigenvalue weighted by atomic mass is 10.1. The molecule has 20 heavy (non-hydrogen) atoms. The molecule has 0 bridgehead atoms. The average Bonchev–Trinajstić information content (AvgIpc) is 2.65. The summed E-state index contributed by atoms with van der Waals surface area (Å²) in [5, 5.41) is 1.59. The summed E-state index contributed by atoms with van der Waals surface area (Å²) in [6.07, 6.45) is 0. The molecule has 0 aromatic heterocycles. The fraction of sp³-hybridized carbons (Fsp3) is 0. The SMILES string of the molecule is S=C1c2cc(Cl)c(Cl)cc2C(=S)N1c1ccc(Cl)cc1. The topological polar surface area (TPSA) is 3.24 Å². The van der Waals surface area contributed by atoms with Crippen LogP contribution in [0.5, 0.6) is 0 Å². The van der Waals surface area contributed by atoms with E-state index in [0.717, 1.165) is 16.8 Å². The molecule has 6 heteroatoms. The number of hydrogen-bond donors (Lipinski definition) is 0. The molecule has 0 saturated heterocycles. The molecule has 0 saturated carbocycles. The minimum Gasteiger partial charge on any atom is -0.291 e. The maximum Gasteiger partial charge on any atom is 0.119 e. The standard InChI is InChI=1S/C14H6Cl3NS2/c15-7-1-3-8(4-2-7)18-13(19)9-5-11(16)12(17)6-10(9)14(18)20/h1-6H. The van der Waals surface area contributed by atoms with E-state index >= 15 is 0 Å². The smallest absolute Gasteiger partial charge is 0.119 e. The predicted octanol–water partition coefficient (Wildman–Crippen LogP) is 5.52. The highest BCUT2D eigenvalue weighted by Gasteiger charge is 2.31. The zero-order valence-corrected chi connectivity index (χ0v) is 13.8. The molecule has 1 aliphatic rings. The second-order valence-electron chi connectivity index (χ2n) is 4.23. The Kier molecular flexibility index (Phi) is 3.73. The molecular weight excluding hydrogens is 353 g/mol. The normalized spacial score (nSPS) is 13.8. The molecule has 0 radical (unpaired) electrons. The van der Waals surface area contributed by atoms with E-state index in [0.29, 0.717) is 25.0 Å². The maximum absolute atomic E-state index is 6.05. The first-order valence-electron chi connectivity index (χ1n) is 5.62. The van der Waals surface area contributed by atoms with Crippen molar-refractivity contribution in [1.82, 2.24) is 0 Å². The van der Waals surface area contributed by atoms with Gasteiger partial charge in [-0.3, -0.25) is 4.90 Å². The van der Waals surface area contributed by atoms with Gasteiger partial charge < -0.3 is 0 Å². The summed E-state index contributed by atoms with van der Waals surface area (Å²) in [6.45, 7) is 0. The first kappa shape index (κ1) is 14.2. The Hall–Kier alpha value is -0.710. The van der Waals surface area contributed by atoms with Gasteiger partial charge in [0.1, 0.15) is 9.98 Å². The van der Waals surface area contributed by atoms with E-state index in [1.165, 1.54) is 0 Å². The number of hydrogen-bond acceptors (Lipinski definition) is 2. The zero-order valence-electron chi connectivity index (χ0n) is 9.86. The fourth-order valence-electron chi connectivity index (χ4n) is 2.06. The maximum atomic E-state index is 6.05. The molecule has 100 valence electrons. The molecule has 0 fully saturated rings. The third-order valence-corrected chi connectivity index (χ3v) is 4.79. The van der Waals surface area contributed by atoms with Crippen molar-refractivity contribution in [1.29, 1.82) is 0 Å². The molecule has 2 aromatic rings. The van der Waals surface area contributed by atoms with Crippen LogP contribution in [0.4, 0.5) is 5.69 Å². The quantitative estimate of drug-likeness (QED) is 0.618. The molecule has 1 nitrogen and oxygen atoms in total. The third-order valence-electron chi connectivity index (χ3n) is 3.01. The lowest BCUT2D eigenvalue weighted by molar-refractivity contribution is 1.50. The number of rotatable bonds is 1. The van der Waals surface area contributed by atoms with Crippen molar-refractivity contribution < 1.29 is 0 Å². The molecule has 1 aliphatic heterocycles. The minimum absolute atomic E-state index is 0.466. The number of benzene rings is 2. The Morgan fingerprint density at radius 2 is 1.20 bits per heavy atom. The molecule has 0 N–H and O–H groups in total. The van der Waals surface area contributed by atoms with Crippen LogP contribution in [-0.4, -0.2) is 9.98 Å². The van der Waals surface area contributed by atoms with Gasteiger partial charge in [0.2, 0.25) is 0 Å². The molecule has 0 aliphatic carbocycles. The van der Waals surface area contributed by atoms with Gasteiger partial charge in [0.05, 0.1) is 10.0 Å². The van der Waals surface area contributed by atoms with Gasteiger partial charge in [-0.15, -0.1) is 0 Å². The number of nitrogens with zero attached hydrogens (tertiary/aromatic N) is 1. The Morgan fingerprint density at radius 3 is 1.65 bits per heavy atom. The van der Waals surface area contributed by atoms with Gasteiger partial charge in [-0.25, -0.2) is 0 Å². The van der Waals surface area contributed by atoms with E-state index in [9.17, 15) is 0 Å². The van der Waals surface area contributed by atoms with E-state index < -0.39 is 0 Å². The van der Waals surface area contributed by atoms with Gasteiger partial charge in [-0.05, 0) is 36.4 Å². The summed E-state index contributed by atoms with van der Waals surface area (Å²) < 4.78 is 0. The van der Waals surface area contributed by atoms with Crippen LogP contribution in [0.2, 0.25) is 15.1 Å². The number of halogens is 3. The van der Waals surface area contributed by atoms with Gasteiger partial charge in [0.15, 0.2) is 0 Å². The fourth-order valence-corrected chi connectivity index (χ4v) is 3.30. The second kappa shape index (κ2) is 5.24. The van der Waals surface area contributed by atoms with E-state index in [-0.39, 0.29) is 0 Å². The van der Waals surface area contributed by atoms with Gasteiger partial charge >= 0.3 is 0 Å². The van der Waals surface area contributed by atoms with Crippen molar-refractivity contribution in [3.8, 4) is 0 Å². The Labute approximate surface area is 142 Å². The first-order chi connectivity index (χ1) is 9.49. The van der Waals surface area contributed by atoms with Crippen molar-refractivity contribution in [3.63, 3.8) is 0 Å². The Balaban J connectivity index is 2.12. The van der Waals surface area contributed by atoms with E-state index in [2.05, 4.69) is 0 Å². The summed E-state index contributed by atoms with van der Waals surface area (Å²) in [5.41, 5.74) is 2.52. The number of anilines is 1. The summed E-state index contributed by atoms with van der Waals surface area (Å²) in [7, 11) is 0. The van der Waals surface area contributed by atoms with Crippen LogP contribution in [0, 0.1) is 0 Å². The Morgan fingerprint density at radius 1 is 0.750 bits per heavy atom. The lowest BCUT2D eigenvalue weighted by Crippen LogP contribution is -2.27. The highest BCUT2D eigenvalue weighted by Crippen LogP contribution is 2.35. The van der Waals surface area contributed by atoms with Gasteiger partial charge in [-0.2, -0.15) is 0 Å². The van der Waals surface area contributed by atoms with Crippen molar-refractivity contribution in [2.45, 2.75) is 0 Å². The van der Waals surface area contributed by atoms with Gasteiger partial charge in [0, 0.05) is 21.8 Å². The second-order valence-corrected chi connectivity index (χ2v) is 6.26. The molecule has 1 heterocycles. The molecule has 3 rings (SSSR count). The van der Waals surface area contributed by atoms with Crippen molar-refractivity contribution in [3.05, 3.63) is 62.6 Å². The van der Waals surface area contributed by atoms with Crippen molar-refractivity contribution in [2.24, 2.45) is 0 Å². The van der Waals surface area contributed by atoms with Crippen LogP contribution in [0.25, 0.3) is 0 Å². The largest absolute Gasteiger partial charge is 0.291 e. The zero-order chi connectivity index (χ0) is 14.4. The predicted molar refractivity (Wildman–Crippen MR) is 93.8 cm³/mol. The van der Waals surface area contributed by atoms with Crippen LogP contribution < -0.4 is 4.90 Å².